The Labute approximate surface area is 314 Å². The van der Waals surface area contributed by atoms with Crippen molar-refractivity contribution in [3.05, 3.63) is 80.8 Å². The average molecular weight is 754 g/mol. The molecule has 0 N–H and O–H groups in total. The van der Waals surface area contributed by atoms with Crippen LogP contribution < -0.4 is 0 Å². The molecule has 0 bridgehead atoms. The Morgan fingerprint density at radius 3 is 1.94 bits per heavy atom. The molecule has 0 aliphatic rings. The summed E-state index contributed by atoms with van der Waals surface area (Å²) in [7, 11) is 3.13. The van der Waals surface area contributed by atoms with Gasteiger partial charge in [-0.1, -0.05) is 153 Å². The first-order valence-corrected chi connectivity index (χ1v) is 21.1. The van der Waals surface area contributed by atoms with Crippen molar-refractivity contribution in [3.63, 3.8) is 0 Å². The molecule has 0 aliphatic carbocycles. The molecule has 2 aromatic rings. The lowest BCUT2D eigenvalue weighted by Crippen LogP contribution is -2.12. The van der Waals surface area contributed by atoms with Gasteiger partial charge < -0.3 is 14.2 Å². The zero-order chi connectivity index (χ0) is 35.9. The third-order valence-corrected chi connectivity index (χ3v) is 11.6. The number of hydrogen-bond acceptors (Lipinski definition) is 7. The van der Waals surface area contributed by atoms with E-state index in [9.17, 15) is 9.59 Å². The van der Waals surface area contributed by atoms with E-state index in [0.717, 1.165) is 40.9 Å². The fraction of sp³-hybridized carbons (Fsp3) is 0.600. The summed E-state index contributed by atoms with van der Waals surface area (Å²) < 4.78 is 15.8. The zero-order valence-electron chi connectivity index (χ0n) is 30.3. The summed E-state index contributed by atoms with van der Waals surface area (Å²) >= 11 is 12.7. The smallest absolute Gasteiger partial charge is 0.465 e. The Hall–Kier alpha value is -1.80. The van der Waals surface area contributed by atoms with Gasteiger partial charge in [-0.2, -0.15) is 0 Å². The third kappa shape index (κ3) is 20.6. The minimum atomic E-state index is -0.646. The van der Waals surface area contributed by atoms with Crippen molar-refractivity contribution in [2.45, 2.75) is 105 Å². The van der Waals surface area contributed by atoms with E-state index in [1.165, 1.54) is 56.9 Å². The lowest BCUT2D eigenvalue weighted by molar-refractivity contribution is -0.142. The number of allylic oxidation sites excluding steroid dienone is 1. The van der Waals surface area contributed by atoms with Crippen LogP contribution in [0.25, 0.3) is 0 Å². The van der Waals surface area contributed by atoms with Crippen LogP contribution in [0, 0.1) is 17.8 Å². The summed E-state index contributed by atoms with van der Waals surface area (Å²) in [5.74, 6) is 3.40. The molecule has 2 aromatic carbocycles. The van der Waals surface area contributed by atoms with Gasteiger partial charge >= 0.3 is 12.1 Å². The van der Waals surface area contributed by atoms with E-state index in [1.54, 1.807) is 21.6 Å². The highest BCUT2D eigenvalue weighted by Gasteiger charge is 2.13. The largest absolute Gasteiger partial charge is 0.508 e. The van der Waals surface area contributed by atoms with E-state index in [4.69, 9.17) is 37.4 Å². The Morgan fingerprint density at radius 1 is 0.735 bits per heavy atom. The maximum atomic E-state index is 12.5. The predicted octanol–water partition coefficient (Wildman–Crippen LogP) is 12.6. The van der Waals surface area contributed by atoms with Crippen LogP contribution in [0.4, 0.5) is 4.79 Å². The van der Waals surface area contributed by atoms with Crippen LogP contribution in [-0.4, -0.2) is 43.5 Å². The van der Waals surface area contributed by atoms with Crippen LogP contribution >= 0.6 is 44.8 Å². The molecule has 0 saturated carbocycles. The second kappa shape index (κ2) is 26.0. The number of carbonyl (C=O) groups is 2. The molecule has 0 saturated heterocycles. The van der Waals surface area contributed by atoms with E-state index in [2.05, 4.69) is 34.6 Å². The van der Waals surface area contributed by atoms with Crippen LogP contribution in [-0.2, 0) is 31.8 Å². The standard InChI is InChI=1S/C40H58Cl2O5S2/c1-30(2)12-8-13-31(3)14-9-15-32(4)16-10-17-33(5)22-23-46-40(44)47-25-27-49-48-26-24-45-39(43)29-35-19-7-6-18-34(35)28-36-37(41)20-11-21-38(36)42/h6-7,11,18-22,30-32H,8-10,12-17,23-29H2,1-5H3/b33-22+/t31-,32-/m0/s1. The van der Waals surface area contributed by atoms with Crippen molar-refractivity contribution in [1.82, 2.24) is 0 Å². The van der Waals surface area contributed by atoms with Gasteiger partial charge in [-0.3, -0.25) is 4.79 Å². The molecule has 0 radical (unpaired) electrons. The van der Waals surface area contributed by atoms with Crippen molar-refractivity contribution in [3.8, 4) is 0 Å². The highest BCUT2D eigenvalue weighted by molar-refractivity contribution is 8.76. The van der Waals surface area contributed by atoms with Gasteiger partial charge in [0.15, 0.2) is 0 Å². The van der Waals surface area contributed by atoms with Crippen LogP contribution in [0.15, 0.2) is 54.1 Å². The molecule has 0 unspecified atom stereocenters. The fourth-order valence-electron chi connectivity index (χ4n) is 5.57. The Morgan fingerprint density at radius 2 is 1.31 bits per heavy atom. The Kier molecular flexibility index (Phi) is 23.0. The predicted molar refractivity (Wildman–Crippen MR) is 211 cm³/mol. The number of carbonyl (C=O) groups excluding carboxylic acids is 2. The number of hydrogen-bond donors (Lipinski definition) is 0. The summed E-state index contributed by atoms with van der Waals surface area (Å²) in [6, 6.07) is 13.2. The molecule has 0 aromatic heterocycles. The number of benzene rings is 2. The average Bonchev–Trinajstić information content (AvgIpc) is 3.04. The molecular formula is C40H58Cl2O5S2. The lowest BCUT2D eigenvalue weighted by Gasteiger charge is -2.15. The molecule has 0 amide bonds. The number of ether oxygens (including phenoxy) is 3. The fourth-order valence-corrected chi connectivity index (χ4v) is 7.75. The van der Waals surface area contributed by atoms with Gasteiger partial charge in [0, 0.05) is 28.0 Å². The molecule has 274 valence electrons. The van der Waals surface area contributed by atoms with Gasteiger partial charge in [-0.15, -0.1) is 0 Å². The number of rotatable bonds is 25. The number of esters is 1. The lowest BCUT2D eigenvalue weighted by atomic mass is 9.91. The Balaban J connectivity index is 1.47. The molecule has 0 aliphatic heterocycles. The van der Waals surface area contributed by atoms with Crippen molar-refractivity contribution in [2.75, 3.05) is 31.3 Å². The summed E-state index contributed by atoms with van der Waals surface area (Å²) in [5, 5.41) is 1.21. The second-order valence-corrected chi connectivity index (χ2v) is 17.0. The van der Waals surface area contributed by atoms with Crippen molar-refractivity contribution < 1.29 is 23.8 Å². The van der Waals surface area contributed by atoms with Crippen LogP contribution in [0.3, 0.4) is 0 Å². The third-order valence-electron chi connectivity index (χ3n) is 8.55. The molecule has 0 fully saturated rings. The van der Waals surface area contributed by atoms with E-state index in [0.29, 0.717) is 34.6 Å². The molecule has 0 spiro atoms. The van der Waals surface area contributed by atoms with Crippen LogP contribution in [0.2, 0.25) is 10.0 Å². The second-order valence-electron chi connectivity index (χ2n) is 13.5. The van der Waals surface area contributed by atoms with Gasteiger partial charge in [-0.25, -0.2) is 4.79 Å². The highest BCUT2D eigenvalue weighted by atomic mass is 35.5. The minimum absolute atomic E-state index is 0.179. The van der Waals surface area contributed by atoms with Gasteiger partial charge in [0.05, 0.1) is 6.42 Å². The quantitative estimate of drug-likeness (QED) is 0.0433. The summed E-state index contributed by atoms with van der Waals surface area (Å²) in [6.45, 7) is 12.3. The van der Waals surface area contributed by atoms with Crippen LogP contribution in [0.1, 0.15) is 109 Å². The topological polar surface area (TPSA) is 61.8 Å². The molecular weight excluding hydrogens is 695 g/mol. The van der Waals surface area contributed by atoms with Crippen LogP contribution in [0.5, 0.6) is 0 Å². The first-order chi connectivity index (χ1) is 23.5. The molecule has 5 nitrogen and oxygen atoms in total. The molecule has 2 atom stereocenters. The van der Waals surface area contributed by atoms with E-state index < -0.39 is 6.16 Å². The van der Waals surface area contributed by atoms with Crippen molar-refractivity contribution in [1.29, 1.82) is 0 Å². The normalized spacial score (nSPS) is 12.9. The molecule has 2 rings (SSSR count). The zero-order valence-corrected chi connectivity index (χ0v) is 33.4. The van der Waals surface area contributed by atoms with Crippen molar-refractivity contribution >= 4 is 56.9 Å². The van der Waals surface area contributed by atoms with Crippen molar-refractivity contribution in [2.24, 2.45) is 17.8 Å². The van der Waals surface area contributed by atoms with Gasteiger partial charge in [0.1, 0.15) is 19.8 Å². The summed E-state index contributed by atoms with van der Waals surface area (Å²) in [6.07, 6.45) is 13.6. The summed E-state index contributed by atoms with van der Waals surface area (Å²) in [4.78, 5) is 24.4. The van der Waals surface area contributed by atoms with E-state index in [-0.39, 0.29) is 25.6 Å². The van der Waals surface area contributed by atoms with E-state index in [1.807, 2.05) is 48.5 Å². The van der Waals surface area contributed by atoms with Gasteiger partial charge in [-0.05, 0) is 72.4 Å². The minimum Gasteiger partial charge on any atom is -0.465 e. The van der Waals surface area contributed by atoms with Gasteiger partial charge in [0.2, 0.25) is 0 Å². The molecule has 9 heteroatoms. The monoisotopic (exact) mass is 752 g/mol. The maximum absolute atomic E-state index is 12.5. The summed E-state index contributed by atoms with van der Waals surface area (Å²) in [5.41, 5.74) is 3.97. The first-order valence-electron chi connectivity index (χ1n) is 17.9. The van der Waals surface area contributed by atoms with E-state index >= 15 is 0 Å². The maximum Gasteiger partial charge on any atom is 0.508 e. The Bertz CT molecular complexity index is 1250. The SMILES string of the molecule is C/C(=C\COC(=O)OCCSSCCOC(=O)Cc1ccccc1Cc1c(Cl)cccc1Cl)CCC[C@@H](C)CCC[C@@H](C)CCCC(C)C. The number of halogens is 2. The molecule has 49 heavy (non-hydrogen) atoms. The highest BCUT2D eigenvalue weighted by Crippen LogP contribution is 2.28. The molecule has 0 heterocycles. The first kappa shape index (κ1) is 43.4. The van der Waals surface area contributed by atoms with Gasteiger partial charge in [0.25, 0.3) is 0 Å².